The first-order chi connectivity index (χ1) is 27.5. The molecule has 0 saturated heterocycles. The van der Waals surface area contributed by atoms with Gasteiger partial charge in [0.05, 0.1) is 24.9 Å². The number of hydrogen-bond donors (Lipinski definition) is 0. The van der Waals surface area contributed by atoms with Crippen LogP contribution in [0.1, 0.15) is 56.4 Å². The van der Waals surface area contributed by atoms with E-state index in [-0.39, 0.29) is 20.1 Å². The zero-order valence-corrected chi connectivity index (χ0v) is 38.6. The van der Waals surface area contributed by atoms with Crippen LogP contribution in [0.4, 0.5) is 0 Å². The number of benzene rings is 5. The topological polar surface area (TPSA) is 43.6 Å². The van der Waals surface area contributed by atoms with Crippen molar-refractivity contribution >= 4 is 55.9 Å². The van der Waals surface area contributed by atoms with Crippen molar-refractivity contribution in [3.8, 4) is 39.5 Å². The minimum Gasteiger partial charge on any atom is -0.333 e. The van der Waals surface area contributed by atoms with E-state index in [2.05, 4.69) is 173 Å². The van der Waals surface area contributed by atoms with E-state index in [4.69, 9.17) is 9.97 Å². The smallest absolute Gasteiger partial charge is 0.113 e. The van der Waals surface area contributed by atoms with E-state index >= 15 is 0 Å². The Hall–Kier alpha value is -5.04. The van der Waals surface area contributed by atoms with Gasteiger partial charge in [-0.3, -0.25) is 4.98 Å². The fourth-order valence-electron chi connectivity index (χ4n) is 7.47. The summed E-state index contributed by atoms with van der Waals surface area (Å²) in [5, 5.41) is 3.79. The summed E-state index contributed by atoms with van der Waals surface area (Å²) in [7, 11) is -1.23. The molecule has 0 aliphatic carbocycles. The van der Waals surface area contributed by atoms with Gasteiger partial charge >= 0.3 is 0 Å². The molecule has 9 rings (SSSR count). The largest absolute Gasteiger partial charge is 0.333 e. The Morgan fingerprint density at radius 1 is 0.672 bits per heavy atom. The summed E-state index contributed by atoms with van der Waals surface area (Å²) in [5.74, 6) is 1.56. The van der Waals surface area contributed by atoms with Crippen molar-refractivity contribution in [2.45, 2.75) is 66.1 Å². The normalized spacial score (nSPS) is 11.6. The zero-order chi connectivity index (χ0) is 39.8. The van der Waals surface area contributed by atoms with Gasteiger partial charge in [0, 0.05) is 37.7 Å². The molecule has 0 unspecified atom stereocenters. The minimum absolute atomic E-state index is 0. The third-order valence-electron chi connectivity index (χ3n) is 10.6. The van der Waals surface area contributed by atoms with Crippen LogP contribution in [0, 0.1) is 19.1 Å². The fraction of sp³-hybridized carbons (Fsp3) is 0.196. The van der Waals surface area contributed by atoms with Crippen LogP contribution in [0.15, 0.2) is 134 Å². The SMILES string of the molecule is C[Si](C)(C)c1ccc(-c2[c-]cccc2)nc1.Cc1ccc2c(n1)sc1c(-c3nc4ccccc4n3-c3c(C(C)C)cc(-c4ccccc4)cc3C(C)C)[c-]ccc12.[Ir]. The van der Waals surface area contributed by atoms with Crippen LogP contribution < -0.4 is 5.19 Å². The molecule has 58 heavy (non-hydrogen) atoms. The minimum atomic E-state index is -1.23. The molecule has 9 aromatic rings. The molecule has 0 fully saturated rings. The van der Waals surface area contributed by atoms with E-state index in [1.807, 2.05) is 36.5 Å². The third kappa shape index (κ3) is 8.14. The number of para-hydroxylation sites is 2. The third-order valence-corrected chi connectivity index (χ3v) is 13.7. The number of hydrogen-bond acceptors (Lipinski definition) is 4. The second-order valence-electron chi connectivity index (χ2n) is 16.4. The monoisotopic (exact) mass is 969 g/mol. The first kappa shape index (κ1) is 41.1. The molecule has 0 bridgehead atoms. The molecule has 7 heteroatoms. The maximum absolute atomic E-state index is 5.30. The van der Waals surface area contributed by atoms with Crippen molar-refractivity contribution < 1.29 is 20.1 Å². The fourth-order valence-corrected chi connectivity index (χ4v) is 9.71. The van der Waals surface area contributed by atoms with E-state index < -0.39 is 8.07 Å². The van der Waals surface area contributed by atoms with Gasteiger partial charge in [-0.1, -0.05) is 119 Å². The second kappa shape index (κ2) is 17.0. The van der Waals surface area contributed by atoms with Crippen molar-refractivity contribution in [3.63, 3.8) is 0 Å². The van der Waals surface area contributed by atoms with Gasteiger partial charge in [-0.25, -0.2) is 4.98 Å². The number of imidazole rings is 1. The summed E-state index contributed by atoms with van der Waals surface area (Å²) < 4.78 is 3.58. The molecule has 0 spiro atoms. The zero-order valence-electron chi connectivity index (χ0n) is 34.4. The van der Waals surface area contributed by atoms with Crippen LogP contribution in [0.5, 0.6) is 0 Å². The first-order valence-electron chi connectivity index (χ1n) is 19.8. The molecule has 0 amide bonds. The van der Waals surface area contributed by atoms with Crippen LogP contribution >= 0.6 is 11.3 Å². The maximum atomic E-state index is 5.30. The number of nitrogens with zero attached hydrogens (tertiary/aromatic N) is 4. The predicted molar refractivity (Wildman–Crippen MR) is 246 cm³/mol. The Balaban J connectivity index is 0.000000254. The van der Waals surface area contributed by atoms with Crippen molar-refractivity contribution in [3.05, 3.63) is 163 Å². The Labute approximate surface area is 361 Å². The van der Waals surface area contributed by atoms with Gasteiger partial charge in [-0.05, 0) is 92.3 Å². The van der Waals surface area contributed by atoms with E-state index in [0.717, 1.165) is 44.2 Å². The van der Waals surface area contributed by atoms with Crippen LogP contribution in [-0.4, -0.2) is 27.6 Å². The van der Waals surface area contributed by atoms with Gasteiger partial charge in [0.25, 0.3) is 0 Å². The summed E-state index contributed by atoms with van der Waals surface area (Å²) in [6.07, 6.45) is 2.02. The van der Waals surface area contributed by atoms with Gasteiger partial charge in [0.1, 0.15) is 4.83 Å². The molecule has 0 atom stereocenters. The summed E-state index contributed by atoms with van der Waals surface area (Å²) in [4.78, 5) is 15.7. The van der Waals surface area contributed by atoms with Crippen molar-refractivity contribution in [1.82, 2.24) is 19.5 Å². The number of aryl methyl sites for hydroxylation is 1. The molecule has 4 heterocycles. The van der Waals surface area contributed by atoms with Crippen LogP contribution in [-0.2, 0) is 20.1 Å². The van der Waals surface area contributed by atoms with Crippen LogP contribution in [0.3, 0.4) is 0 Å². The maximum Gasteiger partial charge on any atom is 0.113 e. The van der Waals surface area contributed by atoms with Crippen molar-refractivity contribution in [1.29, 1.82) is 0 Å². The molecule has 0 saturated carbocycles. The van der Waals surface area contributed by atoms with Crippen LogP contribution in [0.25, 0.3) is 70.8 Å². The summed E-state index contributed by atoms with van der Waals surface area (Å²) in [6.45, 7) is 18.2. The molecule has 293 valence electrons. The Bertz CT molecular complexity index is 2810. The molecule has 0 aliphatic rings. The van der Waals surface area contributed by atoms with Crippen molar-refractivity contribution in [2.75, 3.05) is 0 Å². The number of fused-ring (bicyclic) bond motifs is 4. The Morgan fingerprint density at radius 3 is 2.03 bits per heavy atom. The predicted octanol–water partition coefficient (Wildman–Crippen LogP) is 13.6. The second-order valence-corrected chi connectivity index (χ2v) is 22.5. The van der Waals surface area contributed by atoms with Gasteiger partial charge < -0.3 is 9.55 Å². The first-order valence-corrected chi connectivity index (χ1v) is 24.1. The summed E-state index contributed by atoms with van der Waals surface area (Å²) in [5.41, 5.74) is 12.6. The van der Waals surface area contributed by atoms with E-state index in [9.17, 15) is 0 Å². The molecular weight excluding hydrogens is 921 g/mol. The quantitative estimate of drug-likeness (QED) is 0.118. The number of rotatable bonds is 7. The van der Waals surface area contributed by atoms with Gasteiger partial charge in [0.15, 0.2) is 0 Å². The molecule has 4 aromatic heterocycles. The molecule has 4 nitrogen and oxygen atoms in total. The van der Waals surface area contributed by atoms with E-state index in [1.165, 1.54) is 48.6 Å². The molecule has 5 aromatic carbocycles. The molecule has 0 N–H and O–H groups in total. The molecular formula is C51H48IrN4SSi-2. The summed E-state index contributed by atoms with van der Waals surface area (Å²) in [6, 6.07) is 51.5. The van der Waals surface area contributed by atoms with E-state index in [0.29, 0.717) is 11.8 Å². The van der Waals surface area contributed by atoms with Crippen molar-refractivity contribution in [2.24, 2.45) is 0 Å². The average Bonchev–Trinajstić information content (AvgIpc) is 3.79. The van der Waals surface area contributed by atoms with Gasteiger partial charge in [0.2, 0.25) is 0 Å². The Morgan fingerprint density at radius 2 is 1.38 bits per heavy atom. The van der Waals surface area contributed by atoms with E-state index in [1.54, 1.807) is 11.3 Å². The standard InChI is InChI=1S/C37H32N3S.C14H16NSi.Ir/c1-22(2)30-20-26(25-12-7-6-8-13-25)21-31(23(3)4)34(30)40-33-17-10-9-16-32(33)39-36(40)29-15-11-14-27-28-19-18-24(5)38-37(28)41-35(27)29;1-16(2,3)13-9-10-14(15-11-13)12-7-5-4-6-8-12;/h6-14,16-23H,1-5H3;4-7,9-11H,1-3H3;/q2*-1;. The number of thiophene rings is 1. The average molecular weight is 969 g/mol. The Kier molecular flexibility index (Phi) is 12.1. The molecule has 1 radical (unpaired) electrons. The van der Waals surface area contributed by atoms with Crippen LogP contribution in [0.2, 0.25) is 19.6 Å². The number of aromatic nitrogens is 4. The van der Waals surface area contributed by atoms with Gasteiger partial charge in [-0.15, -0.1) is 54.1 Å². The summed E-state index contributed by atoms with van der Waals surface area (Å²) >= 11 is 1.74. The van der Waals surface area contributed by atoms with Gasteiger partial charge in [-0.2, -0.15) is 11.3 Å². The number of pyridine rings is 2. The molecule has 0 aliphatic heterocycles.